The molecule has 1 aliphatic carbocycles. The minimum atomic E-state index is -0.226. The average molecular weight is 411 g/mol. The monoisotopic (exact) mass is 410 g/mol. The first-order valence-corrected chi connectivity index (χ1v) is 11.1. The van der Waals surface area contributed by atoms with Crippen LogP contribution in [-0.2, 0) is 11.2 Å². The zero-order valence-electron chi connectivity index (χ0n) is 18.0. The molecular formula is C24H31FN4O. The highest BCUT2D eigenvalue weighted by Crippen LogP contribution is 2.28. The zero-order chi connectivity index (χ0) is 21.1. The lowest BCUT2D eigenvalue weighted by atomic mass is 10.0. The van der Waals surface area contributed by atoms with Gasteiger partial charge in [-0.1, -0.05) is 25.0 Å². The van der Waals surface area contributed by atoms with Crippen molar-refractivity contribution in [3.63, 3.8) is 0 Å². The maximum atomic E-state index is 13.7. The first-order valence-electron chi connectivity index (χ1n) is 11.1. The van der Waals surface area contributed by atoms with Crippen LogP contribution >= 0.6 is 0 Å². The normalized spacial score (nSPS) is 18.0. The van der Waals surface area contributed by atoms with Crippen molar-refractivity contribution in [2.24, 2.45) is 5.92 Å². The maximum absolute atomic E-state index is 13.7. The summed E-state index contributed by atoms with van der Waals surface area (Å²) in [5.41, 5.74) is 2.89. The fraction of sp³-hybridized carbons (Fsp3) is 0.542. The zero-order valence-corrected chi connectivity index (χ0v) is 18.0. The van der Waals surface area contributed by atoms with E-state index in [4.69, 9.17) is 4.98 Å². The second-order valence-electron chi connectivity index (χ2n) is 8.61. The summed E-state index contributed by atoms with van der Waals surface area (Å²) in [6, 6.07) is 6.73. The number of aryl methyl sites for hydroxylation is 2. The van der Waals surface area contributed by atoms with E-state index in [1.165, 1.54) is 18.9 Å². The summed E-state index contributed by atoms with van der Waals surface area (Å²) < 4.78 is 13.7. The minimum Gasteiger partial charge on any atom is -0.354 e. The molecule has 2 aromatic rings. The molecule has 0 atom stereocenters. The van der Waals surface area contributed by atoms with Crippen molar-refractivity contribution in [3.05, 3.63) is 52.7 Å². The van der Waals surface area contributed by atoms with Gasteiger partial charge in [0.25, 0.3) is 0 Å². The largest absolute Gasteiger partial charge is 0.354 e. The molecule has 1 aromatic heterocycles. The topological polar surface area (TPSA) is 49.3 Å². The van der Waals surface area contributed by atoms with E-state index in [2.05, 4.69) is 14.8 Å². The Morgan fingerprint density at radius 2 is 1.87 bits per heavy atom. The Kier molecular flexibility index (Phi) is 6.30. The van der Waals surface area contributed by atoms with E-state index in [-0.39, 0.29) is 11.7 Å². The Labute approximate surface area is 178 Å². The van der Waals surface area contributed by atoms with Gasteiger partial charge in [-0.3, -0.25) is 4.79 Å². The molecular weight excluding hydrogens is 379 g/mol. The predicted molar refractivity (Wildman–Crippen MR) is 116 cm³/mol. The summed E-state index contributed by atoms with van der Waals surface area (Å²) in [6.45, 7) is 7.09. The van der Waals surface area contributed by atoms with Crippen LogP contribution in [0.25, 0.3) is 0 Å². The Hall–Kier alpha value is -2.50. The molecule has 0 radical (unpaired) electrons. The fourth-order valence-electron chi connectivity index (χ4n) is 4.82. The highest BCUT2D eigenvalue weighted by atomic mass is 19.1. The minimum absolute atomic E-state index is 0.226. The highest BCUT2D eigenvalue weighted by molar-refractivity contribution is 5.79. The molecule has 0 unspecified atom stereocenters. The fourth-order valence-corrected chi connectivity index (χ4v) is 4.82. The first kappa shape index (κ1) is 20.8. The van der Waals surface area contributed by atoms with Gasteiger partial charge in [0, 0.05) is 49.8 Å². The Morgan fingerprint density at radius 1 is 1.07 bits per heavy atom. The van der Waals surface area contributed by atoms with Gasteiger partial charge in [0.1, 0.15) is 17.5 Å². The number of halogens is 1. The first-order chi connectivity index (χ1) is 14.5. The van der Waals surface area contributed by atoms with Gasteiger partial charge in [-0.15, -0.1) is 0 Å². The van der Waals surface area contributed by atoms with E-state index in [1.54, 1.807) is 12.1 Å². The van der Waals surface area contributed by atoms with Crippen LogP contribution in [0.1, 0.15) is 54.7 Å². The van der Waals surface area contributed by atoms with Gasteiger partial charge in [-0.25, -0.2) is 14.4 Å². The number of benzene rings is 1. The van der Waals surface area contributed by atoms with Crippen LogP contribution in [-0.4, -0.2) is 47.0 Å². The molecule has 2 fully saturated rings. The Morgan fingerprint density at radius 3 is 2.63 bits per heavy atom. The summed E-state index contributed by atoms with van der Waals surface area (Å²) in [5.74, 6) is 2.01. The quantitative estimate of drug-likeness (QED) is 0.763. The molecule has 6 heteroatoms. The standard InChI is InChI=1S/C24H31FN4O/c1-17-22(16-19-7-5-10-21(25)15-19)23(27-18(2)26-17)28-11-6-12-29(14-13-28)24(30)20-8-3-4-9-20/h5,7,10,15,20H,3-4,6,8-9,11-14,16H2,1-2H3. The van der Waals surface area contributed by atoms with Crippen LogP contribution < -0.4 is 4.90 Å². The predicted octanol–water partition coefficient (Wildman–Crippen LogP) is 4.05. The van der Waals surface area contributed by atoms with Gasteiger partial charge in [0.05, 0.1) is 0 Å². The maximum Gasteiger partial charge on any atom is 0.225 e. The number of carbonyl (C=O) groups excluding carboxylic acids is 1. The molecule has 2 aliphatic rings. The molecule has 5 nitrogen and oxygen atoms in total. The van der Waals surface area contributed by atoms with Gasteiger partial charge in [-0.05, 0) is 50.8 Å². The van der Waals surface area contributed by atoms with Crippen molar-refractivity contribution in [2.75, 3.05) is 31.1 Å². The van der Waals surface area contributed by atoms with Gasteiger partial charge in [0.2, 0.25) is 5.91 Å². The lowest BCUT2D eigenvalue weighted by molar-refractivity contribution is -0.135. The lowest BCUT2D eigenvalue weighted by Gasteiger charge is -2.26. The Balaban J connectivity index is 1.55. The smallest absolute Gasteiger partial charge is 0.225 e. The molecule has 0 spiro atoms. The number of hydrogen-bond acceptors (Lipinski definition) is 4. The van der Waals surface area contributed by atoms with Crippen molar-refractivity contribution in [2.45, 2.75) is 52.4 Å². The summed E-state index contributed by atoms with van der Waals surface area (Å²) in [7, 11) is 0. The average Bonchev–Trinajstić information content (AvgIpc) is 3.14. The number of aromatic nitrogens is 2. The number of carbonyl (C=O) groups is 1. The van der Waals surface area contributed by atoms with E-state index in [0.29, 0.717) is 12.3 Å². The molecule has 1 saturated carbocycles. The van der Waals surface area contributed by atoms with Crippen molar-refractivity contribution < 1.29 is 9.18 Å². The van der Waals surface area contributed by atoms with Crippen LogP contribution in [0.4, 0.5) is 10.2 Å². The summed E-state index contributed by atoms with van der Waals surface area (Å²) in [4.78, 5) is 26.6. The number of rotatable bonds is 4. The van der Waals surface area contributed by atoms with Crippen molar-refractivity contribution in [3.8, 4) is 0 Å². The Bertz CT molecular complexity index is 910. The van der Waals surface area contributed by atoms with Crippen LogP contribution in [0.2, 0.25) is 0 Å². The number of nitrogens with zero attached hydrogens (tertiary/aromatic N) is 4. The molecule has 0 bridgehead atoms. The molecule has 4 rings (SSSR count). The SMILES string of the molecule is Cc1nc(C)c(Cc2cccc(F)c2)c(N2CCCN(C(=O)C3CCCC3)CC2)n1. The van der Waals surface area contributed by atoms with Crippen molar-refractivity contribution in [1.82, 2.24) is 14.9 Å². The number of hydrogen-bond donors (Lipinski definition) is 0. The van der Waals surface area contributed by atoms with Crippen molar-refractivity contribution in [1.29, 1.82) is 0 Å². The molecule has 1 saturated heterocycles. The highest BCUT2D eigenvalue weighted by Gasteiger charge is 2.29. The second-order valence-corrected chi connectivity index (χ2v) is 8.61. The number of amides is 1. The van der Waals surface area contributed by atoms with Gasteiger partial charge < -0.3 is 9.80 Å². The molecule has 1 aromatic carbocycles. The molecule has 1 aliphatic heterocycles. The van der Waals surface area contributed by atoms with E-state index in [1.807, 2.05) is 19.9 Å². The summed E-state index contributed by atoms with van der Waals surface area (Å²) in [5, 5.41) is 0. The third kappa shape index (κ3) is 4.63. The lowest BCUT2D eigenvalue weighted by Crippen LogP contribution is -2.38. The number of anilines is 1. The molecule has 2 heterocycles. The van der Waals surface area contributed by atoms with Gasteiger partial charge in [-0.2, -0.15) is 0 Å². The van der Waals surface area contributed by atoms with Gasteiger partial charge >= 0.3 is 0 Å². The van der Waals surface area contributed by atoms with E-state index in [0.717, 1.165) is 73.9 Å². The third-order valence-electron chi connectivity index (χ3n) is 6.39. The van der Waals surface area contributed by atoms with E-state index in [9.17, 15) is 9.18 Å². The molecule has 1 amide bonds. The van der Waals surface area contributed by atoms with Gasteiger partial charge in [0.15, 0.2) is 0 Å². The summed E-state index contributed by atoms with van der Waals surface area (Å²) in [6.07, 6.45) is 5.97. The van der Waals surface area contributed by atoms with E-state index < -0.39 is 0 Å². The van der Waals surface area contributed by atoms with Crippen LogP contribution in [0.15, 0.2) is 24.3 Å². The van der Waals surface area contributed by atoms with Crippen LogP contribution in [0.5, 0.6) is 0 Å². The molecule has 0 N–H and O–H groups in total. The van der Waals surface area contributed by atoms with Crippen molar-refractivity contribution >= 4 is 11.7 Å². The molecule has 160 valence electrons. The third-order valence-corrected chi connectivity index (χ3v) is 6.39. The molecule has 30 heavy (non-hydrogen) atoms. The van der Waals surface area contributed by atoms with Crippen LogP contribution in [0.3, 0.4) is 0 Å². The second kappa shape index (κ2) is 9.11. The summed E-state index contributed by atoms with van der Waals surface area (Å²) >= 11 is 0. The van der Waals surface area contributed by atoms with Crippen LogP contribution in [0, 0.1) is 25.6 Å². The van der Waals surface area contributed by atoms with E-state index >= 15 is 0 Å².